The lowest BCUT2D eigenvalue weighted by Crippen LogP contribution is -2.48. The molecule has 0 amide bonds. The first-order chi connectivity index (χ1) is 5.64. The van der Waals surface area contributed by atoms with Crippen molar-refractivity contribution >= 4 is 5.97 Å². The molecule has 0 unspecified atom stereocenters. The van der Waals surface area contributed by atoms with Crippen molar-refractivity contribution in [3.8, 4) is 0 Å². The number of aliphatic hydroxyl groups is 1. The quantitative estimate of drug-likeness (QED) is 0.669. The van der Waals surface area contributed by atoms with Gasteiger partial charge in [-0.2, -0.15) is 0 Å². The van der Waals surface area contributed by atoms with E-state index in [2.05, 4.69) is 4.74 Å². The lowest BCUT2D eigenvalue weighted by Gasteiger charge is -2.40. The molecule has 0 aliphatic carbocycles. The van der Waals surface area contributed by atoms with Gasteiger partial charge in [0.1, 0.15) is 0 Å². The summed E-state index contributed by atoms with van der Waals surface area (Å²) in [5.74, 6) is -0.891. The molecule has 3 heteroatoms. The van der Waals surface area contributed by atoms with Crippen molar-refractivity contribution in [2.75, 3.05) is 7.11 Å². The Hall–Kier alpha value is -0.570. The lowest BCUT2D eigenvalue weighted by atomic mass is 9.71. The van der Waals surface area contributed by atoms with Crippen LogP contribution >= 0.6 is 0 Å². The molecule has 0 radical (unpaired) electrons. The first kappa shape index (κ1) is 12.4. The van der Waals surface area contributed by atoms with E-state index >= 15 is 0 Å². The van der Waals surface area contributed by atoms with Gasteiger partial charge in [0, 0.05) is 0 Å². The molecule has 13 heavy (non-hydrogen) atoms. The second-order valence-electron chi connectivity index (χ2n) is 4.64. The summed E-state index contributed by atoms with van der Waals surface area (Å²) in [6.07, 6.45) is 0. The highest BCUT2D eigenvalue weighted by molar-refractivity contribution is 5.73. The Labute approximate surface area is 80.1 Å². The molecule has 3 nitrogen and oxygen atoms in total. The maximum absolute atomic E-state index is 11.2. The number of hydrogen-bond donors (Lipinski definition) is 1. The molecule has 0 aromatic heterocycles. The molecule has 0 saturated heterocycles. The molecule has 0 aromatic carbocycles. The Kier molecular flexibility index (Phi) is 3.50. The zero-order chi connectivity index (χ0) is 10.9. The fourth-order valence-corrected chi connectivity index (χ4v) is 1.06. The van der Waals surface area contributed by atoms with Crippen molar-refractivity contribution < 1.29 is 14.6 Å². The minimum absolute atomic E-state index is 0.347. The normalized spacial score (nSPS) is 19.0. The van der Waals surface area contributed by atoms with E-state index in [0.717, 1.165) is 0 Å². The predicted molar refractivity (Wildman–Crippen MR) is 51.3 cm³/mol. The molecule has 1 N–H and O–H groups in total. The Morgan fingerprint density at radius 2 is 1.69 bits per heavy atom. The average molecular weight is 188 g/mol. The van der Waals surface area contributed by atoms with Crippen LogP contribution in [0.25, 0.3) is 0 Å². The van der Waals surface area contributed by atoms with E-state index in [4.69, 9.17) is 0 Å². The zero-order valence-corrected chi connectivity index (χ0v) is 9.34. The average Bonchev–Trinajstić information content (AvgIpc) is 1.99. The molecule has 0 bridgehead atoms. The van der Waals surface area contributed by atoms with Crippen molar-refractivity contribution in [3.05, 3.63) is 0 Å². The standard InChI is InChI=1S/C10H20O3/c1-7(8(11)13-6)10(5,12)9(2,3)4/h7,12H,1-6H3/t7-,10-/m0/s1. The Bertz CT molecular complexity index is 189. The summed E-state index contributed by atoms with van der Waals surface area (Å²) >= 11 is 0. The highest BCUT2D eigenvalue weighted by Gasteiger charge is 2.44. The van der Waals surface area contributed by atoms with Gasteiger partial charge in [0.15, 0.2) is 0 Å². The third-order valence-electron chi connectivity index (χ3n) is 2.92. The Morgan fingerprint density at radius 1 is 1.31 bits per heavy atom. The fourth-order valence-electron chi connectivity index (χ4n) is 1.06. The highest BCUT2D eigenvalue weighted by Crippen LogP contribution is 2.36. The molecule has 0 heterocycles. The summed E-state index contributed by atoms with van der Waals surface area (Å²) in [7, 11) is 1.33. The smallest absolute Gasteiger partial charge is 0.311 e. The van der Waals surface area contributed by atoms with Gasteiger partial charge in [0.2, 0.25) is 0 Å². The van der Waals surface area contributed by atoms with Gasteiger partial charge in [0.25, 0.3) is 0 Å². The van der Waals surface area contributed by atoms with E-state index in [0.29, 0.717) is 0 Å². The molecule has 0 aliphatic heterocycles. The number of methoxy groups -OCH3 is 1. The largest absolute Gasteiger partial charge is 0.469 e. The van der Waals surface area contributed by atoms with Gasteiger partial charge in [-0.15, -0.1) is 0 Å². The lowest BCUT2D eigenvalue weighted by molar-refractivity contribution is -0.162. The van der Waals surface area contributed by atoms with E-state index in [9.17, 15) is 9.90 Å². The summed E-state index contributed by atoms with van der Waals surface area (Å²) in [5.41, 5.74) is -1.40. The number of carbonyl (C=O) groups excluding carboxylic acids is 1. The molecule has 2 atom stereocenters. The van der Waals surface area contributed by atoms with Crippen LogP contribution in [-0.2, 0) is 9.53 Å². The molecule has 0 aliphatic rings. The van der Waals surface area contributed by atoms with E-state index < -0.39 is 11.5 Å². The molecule has 0 rings (SSSR count). The maximum Gasteiger partial charge on any atom is 0.311 e. The highest BCUT2D eigenvalue weighted by atomic mass is 16.5. The molecule has 0 aromatic rings. The van der Waals surface area contributed by atoms with Crippen LogP contribution < -0.4 is 0 Å². The van der Waals surface area contributed by atoms with Crippen LogP contribution in [0.4, 0.5) is 0 Å². The van der Waals surface area contributed by atoms with Crippen molar-refractivity contribution in [3.63, 3.8) is 0 Å². The summed E-state index contributed by atoms with van der Waals surface area (Å²) in [6.45, 7) is 9.02. The van der Waals surface area contributed by atoms with Gasteiger partial charge in [-0.1, -0.05) is 20.8 Å². The SMILES string of the molecule is COC(=O)[C@H](C)[C@](C)(O)C(C)(C)C. The van der Waals surface area contributed by atoms with Crippen molar-refractivity contribution in [2.45, 2.75) is 40.2 Å². The zero-order valence-electron chi connectivity index (χ0n) is 9.34. The van der Waals surface area contributed by atoms with E-state index in [1.807, 2.05) is 20.8 Å². The van der Waals surface area contributed by atoms with E-state index in [-0.39, 0.29) is 11.4 Å². The second-order valence-corrected chi connectivity index (χ2v) is 4.64. The molecular weight excluding hydrogens is 168 g/mol. The number of hydrogen-bond acceptors (Lipinski definition) is 3. The van der Waals surface area contributed by atoms with E-state index in [1.54, 1.807) is 13.8 Å². The van der Waals surface area contributed by atoms with Crippen LogP contribution in [0.2, 0.25) is 0 Å². The number of esters is 1. The van der Waals surface area contributed by atoms with Gasteiger partial charge in [-0.3, -0.25) is 4.79 Å². The monoisotopic (exact) mass is 188 g/mol. The summed E-state index contributed by atoms with van der Waals surface area (Å²) in [6, 6.07) is 0. The van der Waals surface area contributed by atoms with Gasteiger partial charge in [0.05, 0.1) is 18.6 Å². The van der Waals surface area contributed by atoms with E-state index in [1.165, 1.54) is 7.11 Å². The van der Waals surface area contributed by atoms with Crippen molar-refractivity contribution in [2.24, 2.45) is 11.3 Å². The van der Waals surface area contributed by atoms with Crippen molar-refractivity contribution in [1.82, 2.24) is 0 Å². The maximum atomic E-state index is 11.2. The van der Waals surface area contributed by atoms with Crippen LogP contribution in [0.3, 0.4) is 0 Å². The van der Waals surface area contributed by atoms with Gasteiger partial charge in [-0.25, -0.2) is 0 Å². The molecule has 0 spiro atoms. The Balaban J connectivity index is 4.74. The molecular formula is C10H20O3. The number of ether oxygens (including phenoxy) is 1. The minimum Gasteiger partial charge on any atom is -0.469 e. The van der Waals surface area contributed by atoms with Gasteiger partial charge in [-0.05, 0) is 19.3 Å². The molecule has 0 saturated carbocycles. The first-order valence-corrected chi connectivity index (χ1v) is 4.44. The van der Waals surface area contributed by atoms with Gasteiger partial charge >= 0.3 is 5.97 Å². The second kappa shape index (κ2) is 3.66. The van der Waals surface area contributed by atoms with Crippen LogP contribution in [0.15, 0.2) is 0 Å². The van der Waals surface area contributed by atoms with Crippen LogP contribution in [0.1, 0.15) is 34.6 Å². The predicted octanol–water partition coefficient (Wildman–Crippen LogP) is 1.59. The summed E-state index contributed by atoms with van der Waals surface area (Å²) in [5, 5.41) is 10.1. The van der Waals surface area contributed by atoms with Crippen molar-refractivity contribution in [1.29, 1.82) is 0 Å². The Morgan fingerprint density at radius 3 is 1.92 bits per heavy atom. The van der Waals surface area contributed by atoms with Crippen LogP contribution in [-0.4, -0.2) is 23.8 Å². The summed E-state index contributed by atoms with van der Waals surface area (Å²) in [4.78, 5) is 11.2. The molecule has 0 fully saturated rings. The van der Waals surface area contributed by atoms with Gasteiger partial charge < -0.3 is 9.84 Å². The number of carbonyl (C=O) groups is 1. The van der Waals surface area contributed by atoms with Crippen LogP contribution in [0.5, 0.6) is 0 Å². The minimum atomic E-state index is -1.06. The topological polar surface area (TPSA) is 46.5 Å². The summed E-state index contributed by atoms with van der Waals surface area (Å²) < 4.78 is 4.59. The fraction of sp³-hybridized carbons (Fsp3) is 0.900. The van der Waals surface area contributed by atoms with Crippen LogP contribution in [0, 0.1) is 11.3 Å². The first-order valence-electron chi connectivity index (χ1n) is 4.44. The third-order valence-corrected chi connectivity index (χ3v) is 2.92. The number of rotatable bonds is 2. The molecule has 78 valence electrons. The third kappa shape index (κ3) is 2.44.